The molecule has 0 N–H and O–H groups in total. The minimum absolute atomic E-state index is 0.0490. The Morgan fingerprint density at radius 2 is 0.667 bits per heavy atom. The second-order valence-corrected chi connectivity index (χ2v) is 28.9. The number of hydrogen-bond acceptors (Lipinski definition) is 2. The van der Waals surface area contributed by atoms with Crippen LogP contribution in [0.25, 0.3) is 43.8 Å². The summed E-state index contributed by atoms with van der Waals surface area (Å²) in [4.78, 5) is 4.79. The second-order valence-electron chi connectivity index (χ2n) is 28.9. The van der Waals surface area contributed by atoms with E-state index in [0.717, 1.165) is 47.0 Å². The molecule has 3 aliphatic rings. The number of benzene rings is 11. The van der Waals surface area contributed by atoms with Crippen molar-refractivity contribution in [1.82, 2.24) is 0 Å². The van der Waals surface area contributed by atoms with E-state index >= 15 is 0 Å². The van der Waals surface area contributed by atoms with Crippen LogP contribution in [0.3, 0.4) is 0 Å². The fraction of sp³-hybridized carbons (Fsp3) is 0.271. The third kappa shape index (κ3) is 9.35. The summed E-state index contributed by atoms with van der Waals surface area (Å²) in [6, 6.07) is 83.4. The van der Waals surface area contributed by atoms with E-state index in [9.17, 15) is 0 Å². The molecule has 11 aromatic carbocycles. The average Bonchev–Trinajstić information content (AvgIpc) is 1.56. The van der Waals surface area contributed by atoms with Gasteiger partial charge in [-0.1, -0.05) is 220 Å². The maximum Gasteiger partial charge on any atom is 0.0462 e. The number of aryl methyl sites for hydroxylation is 2. The lowest BCUT2D eigenvalue weighted by Crippen LogP contribution is -2.36. The molecule has 0 saturated carbocycles. The molecular formula is C85H84N2. The first-order valence-corrected chi connectivity index (χ1v) is 32.2. The van der Waals surface area contributed by atoms with Gasteiger partial charge in [-0.25, -0.2) is 0 Å². The van der Waals surface area contributed by atoms with Crippen molar-refractivity contribution < 1.29 is 0 Å². The van der Waals surface area contributed by atoms with E-state index in [-0.39, 0.29) is 27.1 Å². The topological polar surface area (TPSA) is 6.48 Å². The highest BCUT2D eigenvalue weighted by Crippen LogP contribution is 2.63. The van der Waals surface area contributed by atoms with Crippen LogP contribution in [0.5, 0.6) is 0 Å². The van der Waals surface area contributed by atoms with E-state index in [1.165, 1.54) is 114 Å². The molecule has 434 valence electrons. The fourth-order valence-electron chi connectivity index (χ4n) is 16.2. The van der Waals surface area contributed by atoms with Gasteiger partial charge in [0.2, 0.25) is 0 Å². The molecule has 14 rings (SSSR count). The van der Waals surface area contributed by atoms with Crippen molar-refractivity contribution in [2.75, 3.05) is 9.80 Å². The number of hydrogen-bond donors (Lipinski definition) is 0. The zero-order valence-electron chi connectivity index (χ0n) is 53.4. The van der Waals surface area contributed by atoms with Gasteiger partial charge in [0.15, 0.2) is 0 Å². The van der Waals surface area contributed by atoms with Crippen molar-refractivity contribution in [3.63, 3.8) is 0 Å². The van der Waals surface area contributed by atoms with E-state index in [0.29, 0.717) is 0 Å². The first-order chi connectivity index (χ1) is 41.7. The average molecular weight is 1130 g/mol. The number of anilines is 6. The van der Waals surface area contributed by atoms with Crippen molar-refractivity contribution >= 4 is 55.7 Å². The van der Waals surface area contributed by atoms with Gasteiger partial charge in [-0.15, -0.1) is 0 Å². The molecule has 3 aliphatic carbocycles. The summed E-state index contributed by atoms with van der Waals surface area (Å²) in [6.07, 6.45) is 7.15. The molecule has 0 radical (unpaired) electrons. The lowest BCUT2D eigenvalue weighted by Gasteiger charge is -2.44. The van der Waals surface area contributed by atoms with Crippen molar-refractivity contribution in [3.05, 3.63) is 285 Å². The number of rotatable bonds is 11. The van der Waals surface area contributed by atoms with Crippen LogP contribution in [0.15, 0.2) is 218 Å². The predicted octanol–water partition coefficient (Wildman–Crippen LogP) is 23.4. The maximum atomic E-state index is 2.55. The van der Waals surface area contributed by atoms with Gasteiger partial charge < -0.3 is 9.80 Å². The molecule has 0 aliphatic heterocycles. The smallest absolute Gasteiger partial charge is 0.0462 e. The summed E-state index contributed by atoms with van der Waals surface area (Å²) in [7, 11) is 0. The summed E-state index contributed by atoms with van der Waals surface area (Å²) < 4.78 is 0. The molecule has 0 amide bonds. The van der Waals surface area contributed by atoms with Crippen LogP contribution < -0.4 is 9.80 Å². The second kappa shape index (κ2) is 20.9. The monoisotopic (exact) mass is 1130 g/mol. The fourth-order valence-corrected chi connectivity index (χ4v) is 16.2. The Hall–Kier alpha value is -8.46. The third-order valence-corrected chi connectivity index (χ3v) is 20.8. The van der Waals surface area contributed by atoms with Crippen LogP contribution in [0.1, 0.15) is 162 Å². The lowest BCUT2D eigenvalue weighted by molar-refractivity contribution is 0.372. The molecule has 2 heteroatoms. The Morgan fingerprint density at radius 3 is 1.05 bits per heavy atom. The highest BCUT2D eigenvalue weighted by atomic mass is 15.1. The zero-order valence-corrected chi connectivity index (χ0v) is 53.4. The SMILES string of the molecule is Cc1ccc(N(c2ccc(-c3ccc(N(c4ccc(C(C)(C)C)cc4)c4ccc(C(C)(C)c5ccc6c7c5CCCC75CCCc7c(C(C)(C)c8c9ccccc9c(C)c9ccccc89)ccc-6c75)cc4)cc3)cc2)c2ccc(C(C)(C)C)cc2)cc1. The Bertz CT molecular complexity index is 4370. The van der Waals surface area contributed by atoms with Crippen molar-refractivity contribution in [2.24, 2.45) is 0 Å². The minimum atomic E-state index is -0.223. The minimum Gasteiger partial charge on any atom is -0.311 e. The first kappa shape index (κ1) is 56.4. The molecule has 0 bridgehead atoms. The summed E-state index contributed by atoms with van der Waals surface area (Å²) in [5, 5.41) is 5.50. The van der Waals surface area contributed by atoms with E-state index in [1.807, 2.05) is 0 Å². The maximum absolute atomic E-state index is 2.55. The van der Waals surface area contributed by atoms with E-state index in [2.05, 4.69) is 311 Å². The van der Waals surface area contributed by atoms with Crippen LogP contribution >= 0.6 is 0 Å². The summed E-state index contributed by atoms with van der Waals surface area (Å²) in [6.45, 7) is 28.2. The van der Waals surface area contributed by atoms with E-state index in [4.69, 9.17) is 0 Å². The molecule has 11 aromatic rings. The van der Waals surface area contributed by atoms with Crippen LogP contribution in [0.4, 0.5) is 34.1 Å². The molecule has 1 unspecified atom stereocenters. The largest absolute Gasteiger partial charge is 0.311 e. The van der Waals surface area contributed by atoms with Crippen LogP contribution in [0, 0.1) is 13.8 Å². The van der Waals surface area contributed by atoms with Crippen molar-refractivity contribution in [2.45, 2.75) is 149 Å². The molecule has 1 atom stereocenters. The molecule has 87 heavy (non-hydrogen) atoms. The van der Waals surface area contributed by atoms with Gasteiger partial charge in [0, 0.05) is 50.4 Å². The van der Waals surface area contributed by atoms with Gasteiger partial charge in [0.05, 0.1) is 0 Å². The Kier molecular flexibility index (Phi) is 13.5. The molecule has 1 spiro atoms. The highest BCUT2D eigenvalue weighted by molar-refractivity contribution is 6.07. The van der Waals surface area contributed by atoms with Crippen molar-refractivity contribution in [1.29, 1.82) is 0 Å². The van der Waals surface area contributed by atoms with Crippen LogP contribution in [0.2, 0.25) is 0 Å². The third-order valence-electron chi connectivity index (χ3n) is 20.8. The van der Waals surface area contributed by atoms with Crippen LogP contribution in [-0.4, -0.2) is 0 Å². The Morgan fingerprint density at radius 1 is 0.333 bits per heavy atom. The van der Waals surface area contributed by atoms with E-state index in [1.54, 1.807) is 22.3 Å². The zero-order chi connectivity index (χ0) is 60.4. The van der Waals surface area contributed by atoms with E-state index < -0.39 is 0 Å². The normalized spacial score (nSPS) is 15.6. The summed E-state index contributed by atoms with van der Waals surface area (Å²) in [5.74, 6) is 0. The molecule has 2 nitrogen and oxygen atoms in total. The van der Waals surface area contributed by atoms with Gasteiger partial charge in [0.1, 0.15) is 0 Å². The molecule has 0 fully saturated rings. The molecule has 0 heterocycles. The number of nitrogens with zero attached hydrogens (tertiary/aromatic N) is 2. The first-order valence-electron chi connectivity index (χ1n) is 32.2. The quantitative estimate of drug-likeness (QED) is 0.119. The van der Waals surface area contributed by atoms with Gasteiger partial charge in [-0.2, -0.15) is 0 Å². The summed E-state index contributed by atoms with van der Waals surface area (Å²) >= 11 is 0. The standard InChI is InChI=1S/C85H84N2/c1-55-25-37-62(38-26-55)86(65-43-31-59(32-44-65)81(3,4)5)63-39-27-57(28-40-63)58-29-41-64(42-30-58)87(66-45-33-60(34-46-66)82(6,7)8)67-47-35-61(36-48-67)83(9,10)76-51-49-72-73-50-52-77(75-24-18-54-85(80(73)75)53-17-23-74(76)79(72)85)84(11,12)78-70-21-15-13-19-68(70)56(2)69-20-14-16-22-71(69)78/h13-16,19-22,25-52H,17-18,23-24,53-54H2,1-12H3. The van der Waals surface area contributed by atoms with Crippen LogP contribution in [-0.2, 0) is 39.9 Å². The predicted molar refractivity (Wildman–Crippen MR) is 372 cm³/mol. The summed E-state index contributed by atoms with van der Waals surface area (Å²) in [5.41, 5.74) is 29.6. The van der Waals surface area contributed by atoms with Gasteiger partial charge in [-0.05, 0) is 241 Å². The Labute approximate surface area is 518 Å². The lowest BCUT2D eigenvalue weighted by atomic mass is 9.59. The highest BCUT2D eigenvalue weighted by Gasteiger charge is 2.51. The number of fused-ring (bicyclic) bond motifs is 3. The van der Waals surface area contributed by atoms with Gasteiger partial charge in [-0.3, -0.25) is 0 Å². The molecule has 0 saturated heterocycles. The Balaban J connectivity index is 0.787. The van der Waals surface area contributed by atoms with Gasteiger partial charge in [0.25, 0.3) is 0 Å². The van der Waals surface area contributed by atoms with Gasteiger partial charge >= 0.3 is 0 Å². The van der Waals surface area contributed by atoms with Crippen molar-refractivity contribution in [3.8, 4) is 22.3 Å². The molecule has 0 aromatic heterocycles. The molecular weight excluding hydrogens is 1050 g/mol.